The van der Waals surface area contributed by atoms with Crippen molar-refractivity contribution in [1.82, 2.24) is 5.32 Å². The third-order valence-electron chi connectivity index (χ3n) is 5.89. The molecule has 160 valence electrons. The Morgan fingerprint density at radius 1 is 1.03 bits per heavy atom. The minimum absolute atomic E-state index is 0.0830. The summed E-state index contributed by atoms with van der Waals surface area (Å²) in [5.74, 6) is 0.576. The van der Waals surface area contributed by atoms with Crippen molar-refractivity contribution in [3.63, 3.8) is 0 Å². The fourth-order valence-corrected chi connectivity index (χ4v) is 4.17. The third kappa shape index (κ3) is 6.14. The van der Waals surface area contributed by atoms with Crippen LogP contribution in [-0.2, 0) is 16.5 Å². The lowest BCUT2D eigenvalue weighted by Gasteiger charge is -2.40. The SMILES string of the molecule is COc1ccc(CNC(C)(CO[Si](C)(C)C(C)(C)C)c2cc(Br)ccc2F)cc1. The molecule has 0 amide bonds. The quantitative estimate of drug-likeness (QED) is 0.429. The number of hydrogen-bond donors (Lipinski definition) is 1. The van der Waals surface area contributed by atoms with E-state index in [1.807, 2.05) is 37.3 Å². The average Bonchev–Trinajstić information content (AvgIpc) is 2.66. The van der Waals surface area contributed by atoms with Crippen molar-refractivity contribution in [2.75, 3.05) is 13.7 Å². The van der Waals surface area contributed by atoms with Gasteiger partial charge in [0.15, 0.2) is 8.32 Å². The standard InChI is InChI=1S/C23H33BrFNO2Si/c1-22(2,3)29(6,7)28-16-23(4,20-14-18(24)10-13-21(20)25)26-15-17-8-11-19(27-5)12-9-17/h8-14,26H,15-16H2,1-7H3. The van der Waals surface area contributed by atoms with Crippen molar-refractivity contribution in [1.29, 1.82) is 0 Å². The Hall–Kier alpha value is -1.21. The highest BCUT2D eigenvalue weighted by Crippen LogP contribution is 2.38. The lowest BCUT2D eigenvalue weighted by atomic mass is 9.92. The van der Waals surface area contributed by atoms with Gasteiger partial charge in [-0.3, -0.25) is 0 Å². The van der Waals surface area contributed by atoms with E-state index in [9.17, 15) is 4.39 Å². The van der Waals surface area contributed by atoms with E-state index >= 15 is 0 Å². The fourth-order valence-electron chi connectivity index (χ4n) is 2.73. The number of hydrogen-bond acceptors (Lipinski definition) is 3. The zero-order chi connectivity index (χ0) is 21.9. The van der Waals surface area contributed by atoms with Crippen LogP contribution in [0.4, 0.5) is 4.39 Å². The Morgan fingerprint density at radius 3 is 2.21 bits per heavy atom. The second kappa shape index (κ2) is 9.29. The Labute approximate surface area is 184 Å². The van der Waals surface area contributed by atoms with E-state index in [1.54, 1.807) is 13.2 Å². The van der Waals surface area contributed by atoms with Crippen LogP contribution in [0.5, 0.6) is 5.75 Å². The molecule has 3 nitrogen and oxygen atoms in total. The summed E-state index contributed by atoms with van der Waals surface area (Å²) in [5.41, 5.74) is 1.02. The number of ether oxygens (including phenoxy) is 1. The predicted octanol–water partition coefficient (Wildman–Crippen LogP) is 6.62. The monoisotopic (exact) mass is 481 g/mol. The van der Waals surface area contributed by atoms with E-state index in [1.165, 1.54) is 6.07 Å². The van der Waals surface area contributed by atoms with Gasteiger partial charge in [-0.15, -0.1) is 0 Å². The fraction of sp³-hybridized carbons (Fsp3) is 0.478. The molecule has 0 saturated carbocycles. The molecule has 0 radical (unpaired) electrons. The van der Waals surface area contributed by atoms with Crippen molar-refractivity contribution < 1.29 is 13.6 Å². The molecule has 0 heterocycles. The summed E-state index contributed by atoms with van der Waals surface area (Å²) in [5, 5.41) is 3.64. The summed E-state index contributed by atoms with van der Waals surface area (Å²) in [6.07, 6.45) is 0. The molecule has 1 atom stereocenters. The highest BCUT2D eigenvalue weighted by molar-refractivity contribution is 9.10. The van der Waals surface area contributed by atoms with Crippen LogP contribution in [0.2, 0.25) is 18.1 Å². The second-order valence-corrected chi connectivity index (χ2v) is 14.9. The average molecular weight is 483 g/mol. The maximum absolute atomic E-state index is 14.8. The first-order valence-electron chi connectivity index (χ1n) is 9.85. The van der Waals surface area contributed by atoms with Gasteiger partial charge < -0.3 is 14.5 Å². The van der Waals surface area contributed by atoms with Gasteiger partial charge >= 0.3 is 0 Å². The summed E-state index contributed by atoms with van der Waals surface area (Å²) in [4.78, 5) is 0. The molecule has 0 fully saturated rings. The van der Waals surface area contributed by atoms with Crippen molar-refractivity contribution in [2.24, 2.45) is 0 Å². The summed E-state index contributed by atoms with van der Waals surface area (Å²) >= 11 is 3.48. The van der Waals surface area contributed by atoms with Crippen LogP contribution in [-0.4, -0.2) is 22.0 Å². The molecule has 0 spiro atoms. The van der Waals surface area contributed by atoms with Gasteiger partial charge in [-0.25, -0.2) is 4.39 Å². The van der Waals surface area contributed by atoms with Gasteiger partial charge in [0.1, 0.15) is 11.6 Å². The van der Waals surface area contributed by atoms with Gasteiger partial charge in [0.2, 0.25) is 0 Å². The molecule has 6 heteroatoms. The van der Waals surface area contributed by atoms with Crippen molar-refractivity contribution in [3.8, 4) is 5.75 Å². The minimum Gasteiger partial charge on any atom is -0.497 e. The summed E-state index contributed by atoms with van der Waals surface area (Å²) in [7, 11) is -0.339. The third-order valence-corrected chi connectivity index (χ3v) is 10.9. The van der Waals surface area contributed by atoms with E-state index in [4.69, 9.17) is 9.16 Å². The van der Waals surface area contributed by atoms with E-state index in [-0.39, 0.29) is 10.9 Å². The number of methoxy groups -OCH3 is 1. The summed E-state index contributed by atoms with van der Waals surface area (Å²) in [6.45, 7) is 14.1. The lowest BCUT2D eigenvalue weighted by molar-refractivity contribution is 0.174. The number of rotatable bonds is 8. The van der Waals surface area contributed by atoms with Crippen molar-refractivity contribution in [2.45, 2.75) is 57.9 Å². The van der Waals surface area contributed by atoms with Gasteiger partial charge in [-0.1, -0.05) is 48.8 Å². The van der Waals surface area contributed by atoms with E-state index in [0.717, 1.165) is 15.8 Å². The molecule has 0 aliphatic heterocycles. The Bertz CT molecular complexity index is 821. The van der Waals surface area contributed by atoms with Crippen LogP contribution in [0, 0.1) is 5.82 Å². The van der Waals surface area contributed by atoms with Gasteiger partial charge in [0.05, 0.1) is 19.3 Å². The number of nitrogens with one attached hydrogen (secondary N) is 1. The van der Waals surface area contributed by atoms with Crippen LogP contribution in [0.25, 0.3) is 0 Å². The molecular weight excluding hydrogens is 449 g/mol. The molecule has 0 aliphatic rings. The molecule has 0 bridgehead atoms. The molecule has 2 rings (SSSR count). The van der Waals surface area contributed by atoms with Crippen molar-refractivity contribution in [3.05, 3.63) is 63.9 Å². The molecule has 0 saturated heterocycles. The first-order valence-corrected chi connectivity index (χ1v) is 13.6. The topological polar surface area (TPSA) is 30.5 Å². The van der Waals surface area contributed by atoms with Crippen LogP contribution in [0.3, 0.4) is 0 Å². The van der Waals surface area contributed by atoms with Gasteiger partial charge in [0.25, 0.3) is 0 Å². The van der Waals surface area contributed by atoms with E-state index < -0.39 is 13.9 Å². The number of benzene rings is 2. The Kier molecular flexibility index (Phi) is 7.71. The van der Waals surface area contributed by atoms with Crippen molar-refractivity contribution >= 4 is 24.2 Å². The van der Waals surface area contributed by atoms with Gasteiger partial charge in [0, 0.05) is 16.6 Å². The molecule has 1 unspecified atom stereocenters. The highest BCUT2D eigenvalue weighted by atomic mass is 79.9. The smallest absolute Gasteiger partial charge is 0.192 e. The van der Waals surface area contributed by atoms with Crippen LogP contribution < -0.4 is 10.1 Å². The highest BCUT2D eigenvalue weighted by Gasteiger charge is 2.40. The van der Waals surface area contributed by atoms with Gasteiger partial charge in [-0.05, 0) is 61.0 Å². The maximum Gasteiger partial charge on any atom is 0.192 e. The van der Waals surface area contributed by atoms with Crippen LogP contribution in [0.1, 0.15) is 38.8 Å². The lowest BCUT2D eigenvalue weighted by Crippen LogP contribution is -2.49. The molecular formula is C23H33BrFNO2Si. The predicted molar refractivity (Wildman–Crippen MR) is 124 cm³/mol. The Balaban J connectivity index is 2.30. The first kappa shape index (κ1) is 24.1. The van der Waals surface area contributed by atoms with E-state index in [2.05, 4.69) is 55.1 Å². The number of halogens is 2. The molecule has 0 aliphatic carbocycles. The second-order valence-electron chi connectivity index (χ2n) is 9.21. The maximum atomic E-state index is 14.8. The molecule has 29 heavy (non-hydrogen) atoms. The van der Waals surface area contributed by atoms with Crippen LogP contribution in [0.15, 0.2) is 46.9 Å². The normalized spacial score (nSPS) is 14.5. The molecule has 2 aromatic carbocycles. The zero-order valence-electron chi connectivity index (χ0n) is 18.5. The molecule has 2 aromatic rings. The van der Waals surface area contributed by atoms with Crippen LogP contribution >= 0.6 is 15.9 Å². The Morgan fingerprint density at radius 2 is 1.66 bits per heavy atom. The molecule has 0 aromatic heterocycles. The zero-order valence-corrected chi connectivity index (χ0v) is 21.1. The largest absolute Gasteiger partial charge is 0.497 e. The minimum atomic E-state index is -1.99. The summed E-state index contributed by atoms with van der Waals surface area (Å²) in [6, 6.07) is 12.9. The van der Waals surface area contributed by atoms with Gasteiger partial charge in [-0.2, -0.15) is 0 Å². The molecule has 1 N–H and O–H groups in total. The first-order chi connectivity index (χ1) is 13.4. The summed E-state index contributed by atoms with van der Waals surface area (Å²) < 4.78 is 27.4. The van der Waals surface area contributed by atoms with E-state index in [0.29, 0.717) is 18.7 Å².